The second kappa shape index (κ2) is 10.0. The maximum atomic E-state index is 13.6. The topological polar surface area (TPSA) is 99.8 Å². The van der Waals surface area contributed by atoms with E-state index in [1.807, 2.05) is 19.1 Å². The number of nitrogens with zero attached hydrogens (tertiary/aromatic N) is 3. The first-order valence-corrected chi connectivity index (χ1v) is 11.1. The number of hydrogen-bond donors (Lipinski definition) is 1. The molecule has 0 aliphatic carbocycles. The maximum Gasteiger partial charge on any atom is 0.425 e. The summed E-state index contributed by atoms with van der Waals surface area (Å²) in [6, 6.07) is 19.5. The molecule has 2 aromatic carbocycles. The zero-order chi connectivity index (χ0) is 24.9. The number of pyridine rings is 1. The van der Waals surface area contributed by atoms with Crippen LogP contribution in [0.15, 0.2) is 83.5 Å². The third-order valence-corrected chi connectivity index (χ3v) is 5.46. The van der Waals surface area contributed by atoms with Gasteiger partial charge < -0.3 is 9.47 Å². The Morgan fingerprint density at radius 1 is 1.14 bits per heavy atom. The van der Waals surface area contributed by atoms with Gasteiger partial charge >= 0.3 is 6.09 Å². The van der Waals surface area contributed by atoms with Gasteiger partial charge in [0, 0.05) is 6.20 Å². The molecule has 35 heavy (non-hydrogen) atoms. The number of aromatic amines is 1. The molecule has 0 saturated heterocycles. The van der Waals surface area contributed by atoms with Crippen LogP contribution >= 0.6 is 0 Å². The summed E-state index contributed by atoms with van der Waals surface area (Å²) in [5, 5.41) is 12.8. The number of carbonyl (C=O) groups is 1. The average Bonchev–Trinajstić information content (AvgIpc) is 3.35. The van der Waals surface area contributed by atoms with E-state index < -0.39 is 11.5 Å². The Morgan fingerprint density at radius 3 is 2.49 bits per heavy atom. The molecule has 4 aromatic rings. The molecule has 1 amide bonds. The van der Waals surface area contributed by atoms with Crippen LogP contribution < -0.4 is 15.1 Å². The van der Waals surface area contributed by atoms with Crippen molar-refractivity contribution in [2.75, 3.05) is 11.5 Å². The molecule has 8 nitrogen and oxygen atoms in total. The van der Waals surface area contributed by atoms with E-state index in [2.05, 4.69) is 5.10 Å². The Balaban J connectivity index is 2.07. The Hall–Kier alpha value is -4.77. The molecule has 0 saturated carbocycles. The summed E-state index contributed by atoms with van der Waals surface area (Å²) in [5.41, 5.74) is 1.02. The van der Waals surface area contributed by atoms with E-state index in [4.69, 9.17) is 9.47 Å². The monoisotopic (exact) mass is 468 g/mol. The van der Waals surface area contributed by atoms with Gasteiger partial charge in [0.1, 0.15) is 23.1 Å². The summed E-state index contributed by atoms with van der Waals surface area (Å²) in [6.45, 7) is 5.81. The smallest absolute Gasteiger partial charge is 0.425 e. The van der Waals surface area contributed by atoms with Crippen LogP contribution in [0.3, 0.4) is 0 Å². The van der Waals surface area contributed by atoms with Crippen molar-refractivity contribution in [3.05, 3.63) is 94.5 Å². The highest BCUT2D eigenvalue weighted by Gasteiger charge is 2.30. The number of allylic oxidation sites excluding steroid dienone is 2. The van der Waals surface area contributed by atoms with Gasteiger partial charge in [-0.1, -0.05) is 30.3 Å². The molecular weight excluding hydrogens is 444 g/mol. The summed E-state index contributed by atoms with van der Waals surface area (Å²) in [6.07, 6.45) is 2.56. The number of benzene rings is 2. The van der Waals surface area contributed by atoms with Crippen LogP contribution in [0.5, 0.6) is 5.75 Å². The molecule has 1 N–H and O–H groups in total. The van der Waals surface area contributed by atoms with Crippen molar-refractivity contribution in [2.24, 2.45) is 0 Å². The first kappa shape index (κ1) is 23.4. The van der Waals surface area contributed by atoms with Crippen LogP contribution in [-0.4, -0.2) is 22.3 Å². The zero-order valence-electron chi connectivity index (χ0n) is 19.6. The van der Waals surface area contributed by atoms with Crippen LogP contribution in [-0.2, 0) is 4.74 Å². The Kier molecular flexibility index (Phi) is 6.69. The standard InChI is InChI=1S/C27H24N4O4/c1-4-18(3)35-27(33)30(20-11-13-21(14-12-20)34-5-2)26-24(19-9-7-6-8-10-19)25(32)22(17-28)23-15-16-29-31(23)26/h4,6-16,29H,5H2,1-3H3/b18-4+. The Morgan fingerprint density at radius 2 is 1.86 bits per heavy atom. The van der Waals surface area contributed by atoms with Crippen molar-refractivity contribution in [2.45, 2.75) is 20.8 Å². The SMILES string of the molecule is C/C=C(\C)OC(=O)N(c1ccc(OCC)cc1)c1c(-c2ccccc2)c(=O)c(C#N)c2cc[nH]n12. The maximum absolute atomic E-state index is 13.6. The molecule has 0 atom stereocenters. The third-order valence-electron chi connectivity index (χ3n) is 5.46. The fourth-order valence-electron chi connectivity index (χ4n) is 3.76. The summed E-state index contributed by atoms with van der Waals surface area (Å²) < 4.78 is 12.7. The van der Waals surface area contributed by atoms with Gasteiger partial charge in [-0.2, -0.15) is 5.26 Å². The molecule has 2 heterocycles. The van der Waals surface area contributed by atoms with Gasteiger partial charge in [-0.05, 0) is 62.7 Å². The fourth-order valence-corrected chi connectivity index (χ4v) is 3.76. The number of nitrogens with one attached hydrogen (secondary N) is 1. The molecule has 0 spiro atoms. The lowest BCUT2D eigenvalue weighted by molar-refractivity contribution is 0.186. The van der Waals surface area contributed by atoms with E-state index in [9.17, 15) is 14.9 Å². The summed E-state index contributed by atoms with van der Waals surface area (Å²) in [5.74, 6) is 1.26. The van der Waals surface area contributed by atoms with E-state index in [-0.39, 0.29) is 16.9 Å². The van der Waals surface area contributed by atoms with Crippen molar-refractivity contribution in [1.29, 1.82) is 5.26 Å². The van der Waals surface area contributed by atoms with Gasteiger partial charge in [0.2, 0.25) is 5.43 Å². The van der Waals surface area contributed by atoms with Crippen molar-refractivity contribution in [1.82, 2.24) is 9.61 Å². The minimum Gasteiger partial charge on any atom is -0.494 e. The van der Waals surface area contributed by atoms with Crippen molar-refractivity contribution >= 4 is 23.1 Å². The van der Waals surface area contributed by atoms with Crippen molar-refractivity contribution < 1.29 is 14.3 Å². The number of amides is 1. The van der Waals surface area contributed by atoms with Gasteiger partial charge in [-0.3, -0.25) is 9.89 Å². The molecule has 0 fully saturated rings. The first-order valence-electron chi connectivity index (χ1n) is 11.1. The molecule has 0 aliphatic rings. The predicted octanol–water partition coefficient (Wildman–Crippen LogP) is 5.76. The van der Waals surface area contributed by atoms with E-state index in [1.54, 1.807) is 85.2 Å². The van der Waals surface area contributed by atoms with E-state index >= 15 is 0 Å². The van der Waals surface area contributed by atoms with Crippen LogP contribution in [0.2, 0.25) is 0 Å². The molecule has 0 bridgehead atoms. The van der Waals surface area contributed by atoms with Gasteiger partial charge in [0.05, 0.1) is 23.4 Å². The lowest BCUT2D eigenvalue weighted by Crippen LogP contribution is -2.31. The number of anilines is 2. The molecule has 0 unspecified atom stereocenters. The van der Waals surface area contributed by atoms with Crippen LogP contribution in [0.25, 0.3) is 16.6 Å². The largest absolute Gasteiger partial charge is 0.494 e. The van der Waals surface area contributed by atoms with Crippen LogP contribution in [0.4, 0.5) is 16.3 Å². The van der Waals surface area contributed by atoms with Gasteiger partial charge in [0.15, 0.2) is 5.82 Å². The zero-order valence-corrected chi connectivity index (χ0v) is 19.6. The number of H-pyrrole nitrogens is 1. The molecule has 0 aliphatic heterocycles. The summed E-state index contributed by atoms with van der Waals surface area (Å²) in [7, 11) is 0. The average molecular weight is 469 g/mol. The van der Waals surface area contributed by atoms with Crippen LogP contribution in [0, 0.1) is 11.3 Å². The quantitative estimate of drug-likeness (QED) is 0.363. The van der Waals surface area contributed by atoms with Crippen molar-refractivity contribution in [3.63, 3.8) is 0 Å². The number of rotatable bonds is 6. The molecular formula is C27H24N4O4. The van der Waals surface area contributed by atoms with Gasteiger partial charge in [-0.25, -0.2) is 14.2 Å². The molecule has 0 radical (unpaired) electrons. The normalized spacial score (nSPS) is 11.2. The number of nitriles is 1. The number of aromatic nitrogens is 2. The Bertz CT molecular complexity index is 1490. The third kappa shape index (κ3) is 4.39. The number of carbonyl (C=O) groups excluding carboxylic acids is 1. The highest BCUT2D eigenvalue weighted by Crippen LogP contribution is 2.36. The van der Waals surface area contributed by atoms with E-state index in [1.165, 1.54) is 4.90 Å². The van der Waals surface area contributed by atoms with Gasteiger partial charge in [-0.15, -0.1) is 0 Å². The lowest BCUT2D eigenvalue weighted by Gasteiger charge is -2.26. The van der Waals surface area contributed by atoms with E-state index in [0.29, 0.717) is 34.9 Å². The van der Waals surface area contributed by atoms with Gasteiger partial charge in [0.25, 0.3) is 0 Å². The second-order valence-electron chi connectivity index (χ2n) is 7.59. The molecule has 2 aromatic heterocycles. The van der Waals surface area contributed by atoms with E-state index in [0.717, 1.165) is 0 Å². The highest BCUT2D eigenvalue weighted by atomic mass is 16.6. The highest BCUT2D eigenvalue weighted by molar-refractivity contribution is 6.00. The minimum atomic E-state index is -0.713. The predicted molar refractivity (Wildman–Crippen MR) is 134 cm³/mol. The first-order chi connectivity index (χ1) is 17.0. The fraction of sp³-hybridized carbons (Fsp3) is 0.148. The second-order valence-corrected chi connectivity index (χ2v) is 7.59. The molecule has 8 heteroatoms. The minimum absolute atomic E-state index is 0.0292. The summed E-state index contributed by atoms with van der Waals surface area (Å²) >= 11 is 0. The lowest BCUT2D eigenvalue weighted by atomic mass is 10.0. The van der Waals surface area contributed by atoms with Crippen molar-refractivity contribution in [3.8, 4) is 22.9 Å². The molecule has 176 valence electrons. The van der Waals surface area contributed by atoms with Crippen LogP contribution in [0.1, 0.15) is 26.3 Å². The number of ether oxygens (including phenoxy) is 2. The summed E-state index contributed by atoms with van der Waals surface area (Å²) in [4.78, 5) is 28.5. The number of fused-ring (bicyclic) bond motifs is 1. The molecule has 4 rings (SSSR count). The Labute approximate surface area is 202 Å². The number of hydrogen-bond acceptors (Lipinski definition) is 5.